The van der Waals surface area contributed by atoms with Gasteiger partial charge in [0, 0.05) is 10.6 Å². The third-order valence-corrected chi connectivity index (χ3v) is 5.76. The zero-order valence-electron chi connectivity index (χ0n) is 18.3. The summed E-state index contributed by atoms with van der Waals surface area (Å²) in [5.74, 6) is 3.01. The van der Waals surface area contributed by atoms with Crippen molar-refractivity contribution in [2.75, 3.05) is 12.4 Å². The highest BCUT2D eigenvalue weighted by Gasteiger charge is 2.26. The summed E-state index contributed by atoms with van der Waals surface area (Å²) in [4.78, 5) is 1.27. The Morgan fingerprint density at radius 3 is 2.11 bits per heavy atom. The van der Waals surface area contributed by atoms with Crippen LogP contribution in [0.25, 0.3) is 0 Å². The molecule has 2 aromatic carbocycles. The van der Waals surface area contributed by atoms with E-state index in [0.717, 1.165) is 11.5 Å². The van der Waals surface area contributed by atoms with Gasteiger partial charge in [-0.15, -0.1) is 11.8 Å². The van der Waals surface area contributed by atoms with Crippen LogP contribution in [0.15, 0.2) is 59.5 Å². The van der Waals surface area contributed by atoms with Gasteiger partial charge in [-0.1, -0.05) is 65.0 Å². The molecule has 2 atom stereocenters. The predicted octanol–water partition coefficient (Wildman–Crippen LogP) is 7.40. The summed E-state index contributed by atoms with van der Waals surface area (Å²) in [5.41, 5.74) is 1.64. The summed E-state index contributed by atoms with van der Waals surface area (Å²) in [6.45, 7) is 14.2. The summed E-state index contributed by atoms with van der Waals surface area (Å²) in [7, 11) is 0. The Kier molecular flexibility index (Phi) is 8.91. The smallest absolute Gasteiger partial charge is 0.197 e. The molecule has 2 unspecified atom stereocenters. The molecule has 0 aliphatic rings. The quantitative estimate of drug-likeness (QED) is 0.235. The van der Waals surface area contributed by atoms with Gasteiger partial charge in [-0.3, -0.25) is 0 Å². The molecule has 28 heavy (non-hydrogen) atoms. The summed E-state index contributed by atoms with van der Waals surface area (Å²) < 4.78 is 11.7. The largest absolute Gasteiger partial charge is 0.465 e. The second-order valence-corrected chi connectivity index (χ2v) is 10.0. The van der Waals surface area contributed by atoms with Crippen molar-refractivity contribution in [1.29, 1.82) is 0 Å². The Morgan fingerprint density at radius 1 is 0.893 bits per heavy atom. The molecule has 0 aliphatic carbocycles. The van der Waals surface area contributed by atoms with Crippen LogP contribution in [0.5, 0.6) is 5.75 Å². The van der Waals surface area contributed by atoms with E-state index in [0.29, 0.717) is 18.4 Å². The van der Waals surface area contributed by atoms with Crippen molar-refractivity contribution in [1.82, 2.24) is 0 Å². The third-order valence-electron chi connectivity index (χ3n) is 4.78. The van der Waals surface area contributed by atoms with E-state index in [-0.39, 0.29) is 11.7 Å². The molecule has 154 valence electrons. The van der Waals surface area contributed by atoms with E-state index in [1.54, 1.807) is 11.8 Å². The molecule has 0 heterocycles. The van der Waals surface area contributed by atoms with E-state index < -0.39 is 0 Å². The molecule has 0 saturated heterocycles. The lowest BCUT2D eigenvalue weighted by Gasteiger charge is -2.32. The first-order valence-electron chi connectivity index (χ1n) is 10.3. The highest BCUT2D eigenvalue weighted by atomic mass is 32.2. The number of thioether (sulfide) groups is 1. The number of hydrogen-bond donors (Lipinski definition) is 0. The van der Waals surface area contributed by atoms with Gasteiger partial charge in [0.2, 0.25) is 0 Å². The first kappa shape index (κ1) is 22.8. The van der Waals surface area contributed by atoms with E-state index >= 15 is 0 Å². The van der Waals surface area contributed by atoms with Crippen LogP contribution in [-0.4, -0.2) is 18.6 Å². The van der Waals surface area contributed by atoms with E-state index in [4.69, 9.17) is 9.47 Å². The maximum absolute atomic E-state index is 5.94. The van der Waals surface area contributed by atoms with Gasteiger partial charge in [0.1, 0.15) is 5.75 Å². The molecule has 0 bridgehead atoms. The number of hydrogen-bond acceptors (Lipinski definition) is 3. The molecule has 0 aromatic heterocycles. The first-order chi connectivity index (χ1) is 13.3. The second kappa shape index (κ2) is 10.9. The molecule has 0 saturated carbocycles. The summed E-state index contributed by atoms with van der Waals surface area (Å²) in [5, 5.41) is 0. The maximum atomic E-state index is 5.94. The maximum Gasteiger partial charge on any atom is 0.197 e. The second-order valence-electron chi connectivity index (χ2n) is 8.83. The van der Waals surface area contributed by atoms with Crippen LogP contribution in [0.4, 0.5) is 0 Å². The van der Waals surface area contributed by atoms with Crippen molar-refractivity contribution in [3.63, 3.8) is 0 Å². The fourth-order valence-corrected chi connectivity index (χ4v) is 4.12. The zero-order chi connectivity index (χ0) is 20.6. The van der Waals surface area contributed by atoms with Crippen molar-refractivity contribution in [2.45, 2.75) is 65.1 Å². The molecular formula is C25H36O2S. The van der Waals surface area contributed by atoms with Gasteiger partial charge in [0.05, 0.1) is 6.61 Å². The molecule has 0 spiro atoms. The first-order valence-corrected chi connectivity index (χ1v) is 11.3. The van der Waals surface area contributed by atoms with Crippen molar-refractivity contribution < 1.29 is 9.47 Å². The van der Waals surface area contributed by atoms with Crippen molar-refractivity contribution in [3.8, 4) is 5.75 Å². The van der Waals surface area contributed by atoms with E-state index in [1.807, 2.05) is 13.0 Å². The normalized spacial score (nSPS) is 14.1. The highest BCUT2D eigenvalue weighted by molar-refractivity contribution is 7.99. The minimum Gasteiger partial charge on any atom is -0.465 e. The van der Waals surface area contributed by atoms with E-state index in [9.17, 15) is 0 Å². The molecule has 3 heteroatoms. The van der Waals surface area contributed by atoms with Gasteiger partial charge < -0.3 is 9.47 Å². The topological polar surface area (TPSA) is 18.5 Å². The van der Waals surface area contributed by atoms with Gasteiger partial charge in [-0.2, -0.15) is 0 Å². The van der Waals surface area contributed by atoms with Crippen molar-refractivity contribution in [2.24, 2.45) is 11.3 Å². The molecule has 0 aliphatic heterocycles. The van der Waals surface area contributed by atoms with Gasteiger partial charge >= 0.3 is 0 Å². The molecule has 0 amide bonds. The monoisotopic (exact) mass is 400 g/mol. The predicted molar refractivity (Wildman–Crippen MR) is 121 cm³/mol. The lowest BCUT2D eigenvalue weighted by atomic mass is 9.72. The average Bonchev–Trinajstić information content (AvgIpc) is 2.64. The molecular weight excluding hydrogens is 364 g/mol. The van der Waals surface area contributed by atoms with E-state index in [2.05, 4.69) is 83.1 Å². The molecule has 2 nitrogen and oxygen atoms in total. The fourth-order valence-electron chi connectivity index (χ4n) is 3.36. The van der Waals surface area contributed by atoms with Crippen LogP contribution in [-0.2, 0) is 4.74 Å². The highest BCUT2D eigenvalue weighted by Crippen LogP contribution is 2.40. The number of benzene rings is 2. The minimum atomic E-state index is -0.253. The number of rotatable bonds is 10. The van der Waals surface area contributed by atoms with Crippen LogP contribution in [0.3, 0.4) is 0 Å². The average molecular weight is 401 g/mol. The standard InChI is InChI=1S/C25H36O2S/c1-19(2)18-24(25(4,5)6)21-12-14-22(15-13-21)27-20(3)26-16-17-28-23-10-8-7-9-11-23/h7-15,19-20,24H,16-18H2,1-6H3. The van der Waals surface area contributed by atoms with Gasteiger partial charge in [0.15, 0.2) is 6.29 Å². The molecule has 0 radical (unpaired) electrons. The van der Waals surface area contributed by atoms with Crippen LogP contribution in [0.2, 0.25) is 0 Å². The molecule has 2 rings (SSSR count). The fraction of sp³-hybridized carbons (Fsp3) is 0.520. The van der Waals surface area contributed by atoms with Crippen LogP contribution in [0, 0.1) is 11.3 Å². The Morgan fingerprint density at radius 2 is 1.54 bits per heavy atom. The molecule has 2 aromatic rings. The van der Waals surface area contributed by atoms with Crippen LogP contribution < -0.4 is 4.74 Å². The summed E-state index contributed by atoms with van der Waals surface area (Å²) in [6, 6.07) is 19.0. The van der Waals surface area contributed by atoms with Gasteiger partial charge in [-0.05, 0) is 60.4 Å². The van der Waals surface area contributed by atoms with Crippen LogP contribution >= 0.6 is 11.8 Å². The Balaban J connectivity index is 1.82. The number of ether oxygens (including phenoxy) is 2. The van der Waals surface area contributed by atoms with E-state index in [1.165, 1.54) is 16.9 Å². The molecule has 0 fully saturated rings. The van der Waals surface area contributed by atoms with Gasteiger partial charge in [0.25, 0.3) is 0 Å². The Bertz CT molecular complexity index is 674. The lowest BCUT2D eigenvalue weighted by molar-refractivity contribution is -0.0602. The van der Waals surface area contributed by atoms with Crippen molar-refractivity contribution in [3.05, 3.63) is 60.2 Å². The summed E-state index contributed by atoms with van der Waals surface area (Å²) in [6.07, 6.45) is 0.943. The summed E-state index contributed by atoms with van der Waals surface area (Å²) >= 11 is 1.80. The Labute approximate surface area is 176 Å². The molecule has 0 N–H and O–H groups in total. The van der Waals surface area contributed by atoms with Crippen molar-refractivity contribution >= 4 is 11.8 Å². The van der Waals surface area contributed by atoms with Gasteiger partial charge in [-0.25, -0.2) is 0 Å². The lowest BCUT2D eigenvalue weighted by Crippen LogP contribution is -2.20. The Hall–Kier alpha value is -1.45. The van der Waals surface area contributed by atoms with Crippen LogP contribution in [0.1, 0.15) is 59.4 Å². The SMILES string of the molecule is CC(C)CC(c1ccc(OC(C)OCCSc2ccccc2)cc1)C(C)(C)C. The minimum absolute atomic E-state index is 0.249. The zero-order valence-corrected chi connectivity index (χ0v) is 19.1. The third kappa shape index (κ3) is 7.89.